The van der Waals surface area contributed by atoms with Crippen molar-refractivity contribution in [1.82, 2.24) is 9.97 Å². The van der Waals surface area contributed by atoms with Crippen LogP contribution in [0.2, 0.25) is 0 Å². The summed E-state index contributed by atoms with van der Waals surface area (Å²) in [7, 11) is 0. The minimum Gasteiger partial charge on any atom is -0.461 e. The van der Waals surface area contributed by atoms with Gasteiger partial charge in [0.05, 0.1) is 17.8 Å². The second-order valence-electron chi connectivity index (χ2n) is 8.60. The summed E-state index contributed by atoms with van der Waals surface area (Å²) in [6, 6.07) is 20.3. The number of nitrogens with zero attached hydrogens (tertiary/aromatic N) is 1. The molecule has 2 aromatic carbocycles. The molecule has 0 atom stereocenters. The van der Waals surface area contributed by atoms with Crippen LogP contribution in [0.4, 0.5) is 0 Å². The van der Waals surface area contributed by atoms with Gasteiger partial charge in [-0.15, -0.1) is 0 Å². The molecule has 4 nitrogen and oxygen atoms in total. The first-order valence-electron chi connectivity index (χ1n) is 11.6. The molecule has 3 aromatic rings. The number of benzene rings is 2. The van der Waals surface area contributed by atoms with Crippen LogP contribution in [0.25, 0.3) is 11.3 Å². The Hall–Kier alpha value is -2.88. The molecular formula is C27H32N2O2. The molecular weight excluding hydrogens is 384 g/mol. The maximum Gasteiger partial charge on any atom is 0.309 e. The highest BCUT2D eigenvalue weighted by atomic mass is 16.5. The van der Waals surface area contributed by atoms with E-state index in [1.807, 2.05) is 42.6 Å². The molecule has 0 spiro atoms. The summed E-state index contributed by atoms with van der Waals surface area (Å²) < 4.78 is 5.62. The van der Waals surface area contributed by atoms with E-state index in [9.17, 15) is 4.79 Å². The van der Waals surface area contributed by atoms with Crippen molar-refractivity contribution >= 4 is 5.97 Å². The standard InChI is InChI=1S/C27H32N2O2/c30-27(31-20-21-11-3-1-4-12-21)24-17-9-7-15-23(16-8-10-18-24)26-28-19-25(29-26)22-13-5-2-6-14-22/h1-6,11-14,19,23-24H,7-10,15-18,20H2,(H,28,29). The summed E-state index contributed by atoms with van der Waals surface area (Å²) in [5.74, 6) is 1.59. The van der Waals surface area contributed by atoms with Crippen molar-refractivity contribution in [3.8, 4) is 11.3 Å². The Morgan fingerprint density at radius 1 is 0.871 bits per heavy atom. The smallest absolute Gasteiger partial charge is 0.309 e. The molecule has 0 amide bonds. The lowest BCUT2D eigenvalue weighted by molar-refractivity contribution is -0.150. The van der Waals surface area contributed by atoms with Gasteiger partial charge in [0.2, 0.25) is 0 Å². The number of H-pyrrole nitrogens is 1. The average Bonchev–Trinajstić information content (AvgIpc) is 3.32. The minimum absolute atomic E-state index is 0.0282. The third-order valence-electron chi connectivity index (χ3n) is 6.33. The fraction of sp³-hybridized carbons (Fsp3) is 0.407. The fourth-order valence-electron chi connectivity index (χ4n) is 4.52. The first-order valence-corrected chi connectivity index (χ1v) is 11.6. The summed E-state index contributed by atoms with van der Waals surface area (Å²) in [5.41, 5.74) is 3.32. The maximum atomic E-state index is 12.6. The van der Waals surface area contributed by atoms with Crippen LogP contribution < -0.4 is 0 Å². The van der Waals surface area contributed by atoms with Crippen LogP contribution in [0.1, 0.15) is 68.7 Å². The first-order chi connectivity index (χ1) is 15.3. The number of rotatable bonds is 5. The van der Waals surface area contributed by atoms with Gasteiger partial charge in [0.15, 0.2) is 0 Å². The van der Waals surface area contributed by atoms with Crippen LogP contribution in [0.3, 0.4) is 0 Å². The van der Waals surface area contributed by atoms with Crippen molar-refractivity contribution in [3.05, 3.63) is 78.2 Å². The van der Waals surface area contributed by atoms with Crippen LogP contribution in [-0.4, -0.2) is 15.9 Å². The molecule has 1 aliphatic carbocycles. The van der Waals surface area contributed by atoms with E-state index < -0.39 is 0 Å². The number of imidazole rings is 1. The molecule has 4 rings (SSSR count). The van der Waals surface area contributed by atoms with Crippen LogP contribution >= 0.6 is 0 Å². The fourth-order valence-corrected chi connectivity index (χ4v) is 4.52. The Morgan fingerprint density at radius 2 is 1.48 bits per heavy atom. The van der Waals surface area contributed by atoms with E-state index in [0.717, 1.165) is 68.4 Å². The van der Waals surface area contributed by atoms with Gasteiger partial charge in [0.25, 0.3) is 0 Å². The summed E-state index contributed by atoms with van der Waals surface area (Å²) >= 11 is 0. The molecule has 1 aromatic heterocycles. The van der Waals surface area contributed by atoms with Crippen LogP contribution in [0.15, 0.2) is 66.9 Å². The predicted octanol–water partition coefficient (Wildman–Crippen LogP) is 6.65. The number of nitrogens with one attached hydrogen (secondary N) is 1. The largest absolute Gasteiger partial charge is 0.461 e. The molecule has 4 heteroatoms. The van der Waals surface area contributed by atoms with Crippen LogP contribution in [0.5, 0.6) is 0 Å². The van der Waals surface area contributed by atoms with E-state index >= 15 is 0 Å². The number of ether oxygens (including phenoxy) is 1. The van der Waals surface area contributed by atoms with Gasteiger partial charge in [0.1, 0.15) is 12.4 Å². The molecule has 1 N–H and O–H groups in total. The van der Waals surface area contributed by atoms with Crippen molar-refractivity contribution in [2.75, 3.05) is 0 Å². The number of esters is 1. The highest BCUT2D eigenvalue weighted by Gasteiger charge is 2.23. The number of aromatic amines is 1. The molecule has 0 aliphatic heterocycles. The molecule has 1 heterocycles. The molecule has 1 aliphatic rings. The van der Waals surface area contributed by atoms with E-state index in [1.165, 1.54) is 5.56 Å². The van der Waals surface area contributed by atoms with Gasteiger partial charge in [-0.2, -0.15) is 0 Å². The number of carbonyl (C=O) groups excluding carboxylic acids is 1. The Kier molecular flexibility index (Phi) is 7.54. The van der Waals surface area contributed by atoms with Crippen molar-refractivity contribution in [1.29, 1.82) is 0 Å². The summed E-state index contributed by atoms with van der Waals surface area (Å²) in [5, 5.41) is 0. The number of hydrogen-bond acceptors (Lipinski definition) is 3. The maximum absolute atomic E-state index is 12.6. The van der Waals surface area contributed by atoms with Crippen molar-refractivity contribution < 1.29 is 9.53 Å². The zero-order chi connectivity index (χ0) is 21.3. The SMILES string of the molecule is O=C(OCc1ccccc1)C1CCCCC(c2ncc(-c3ccccc3)[nH]2)CCCC1. The van der Waals surface area contributed by atoms with Gasteiger partial charge in [-0.1, -0.05) is 86.3 Å². The molecule has 1 saturated carbocycles. The average molecular weight is 417 g/mol. The second-order valence-corrected chi connectivity index (χ2v) is 8.60. The third kappa shape index (κ3) is 6.06. The monoisotopic (exact) mass is 416 g/mol. The van der Waals surface area contributed by atoms with Gasteiger partial charge < -0.3 is 9.72 Å². The lowest BCUT2D eigenvalue weighted by Crippen LogP contribution is -2.19. The quantitative estimate of drug-likeness (QED) is 0.474. The highest BCUT2D eigenvalue weighted by molar-refractivity contribution is 5.72. The van der Waals surface area contributed by atoms with Crippen molar-refractivity contribution in [3.63, 3.8) is 0 Å². The molecule has 0 saturated heterocycles. The topological polar surface area (TPSA) is 55.0 Å². The molecule has 0 unspecified atom stereocenters. The Bertz CT molecular complexity index is 924. The predicted molar refractivity (Wildman–Crippen MR) is 123 cm³/mol. The lowest BCUT2D eigenvalue weighted by Gasteiger charge is -2.20. The summed E-state index contributed by atoms with van der Waals surface area (Å²) in [6.07, 6.45) is 10.4. The molecule has 0 radical (unpaired) electrons. The zero-order valence-electron chi connectivity index (χ0n) is 18.1. The van der Waals surface area contributed by atoms with E-state index in [-0.39, 0.29) is 11.9 Å². The summed E-state index contributed by atoms with van der Waals surface area (Å²) in [4.78, 5) is 20.9. The molecule has 31 heavy (non-hydrogen) atoms. The van der Waals surface area contributed by atoms with Crippen molar-refractivity contribution in [2.45, 2.75) is 63.9 Å². The first kappa shape index (κ1) is 21.4. The number of carbonyl (C=O) groups is 1. The highest BCUT2D eigenvalue weighted by Crippen LogP contribution is 2.31. The normalized spacial score (nSPS) is 20.1. The van der Waals surface area contributed by atoms with Gasteiger partial charge in [-0.25, -0.2) is 4.98 Å². The van der Waals surface area contributed by atoms with E-state index in [4.69, 9.17) is 9.72 Å². The zero-order valence-corrected chi connectivity index (χ0v) is 18.1. The van der Waals surface area contributed by atoms with Gasteiger partial charge in [0, 0.05) is 5.92 Å². The van der Waals surface area contributed by atoms with E-state index in [1.54, 1.807) is 0 Å². The van der Waals surface area contributed by atoms with Crippen LogP contribution in [0, 0.1) is 5.92 Å². The summed E-state index contributed by atoms with van der Waals surface area (Å²) in [6.45, 7) is 0.375. The number of hydrogen-bond donors (Lipinski definition) is 1. The molecule has 162 valence electrons. The van der Waals surface area contributed by atoms with E-state index in [2.05, 4.69) is 29.2 Å². The second kappa shape index (κ2) is 10.9. The van der Waals surface area contributed by atoms with Crippen LogP contribution in [-0.2, 0) is 16.1 Å². The Labute approximate surface area is 185 Å². The van der Waals surface area contributed by atoms with Crippen molar-refractivity contribution in [2.24, 2.45) is 5.92 Å². The Morgan fingerprint density at radius 3 is 2.16 bits per heavy atom. The molecule has 1 fully saturated rings. The van der Waals surface area contributed by atoms with Gasteiger partial charge in [-0.05, 0) is 36.8 Å². The lowest BCUT2D eigenvalue weighted by atomic mass is 9.88. The number of aromatic nitrogens is 2. The molecule has 0 bridgehead atoms. The van der Waals surface area contributed by atoms with E-state index in [0.29, 0.717) is 12.5 Å². The van der Waals surface area contributed by atoms with Gasteiger partial charge in [-0.3, -0.25) is 4.79 Å². The Balaban J connectivity index is 1.29. The third-order valence-corrected chi connectivity index (χ3v) is 6.33. The minimum atomic E-state index is -0.0282. The van der Waals surface area contributed by atoms with Gasteiger partial charge >= 0.3 is 5.97 Å².